The lowest BCUT2D eigenvalue weighted by molar-refractivity contribution is -0.126. The van der Waals surface area contributed by atoms with E-state index in [-0.39, 0.29) is 11.8 Å². The van der Waals surface area contributed by atoms with Crippen LogP contribution < -0.4 is 10.1 Å². The fourth-order valence-corrected chi connectivity index (χ4v) is 3.82. The van der Waals surface area contributed by atoms with E-state index in [1.807, 2.05) is 38.1 Å². The third-order valence-electron chi connectivity index (χ3n) is 5.23. The minimum atomic E-state index is 0.0249. The highest BCUT2D eigenvalue weighted by atomic mass is 35.5. The molecule has 2 aromatic carbocycles. The first-order chi connectivity index (χ1) is 13.5. The largest absolute Gasteiger partial charge is 0.491 e. The number of nitrogens with one attached hydrogen (secondary N) is 1. The van der Waals surface area contributed by atoms with Crippen LogP contribution in [-0.4, -0.2) is 37.0 Å². The Morgan fingerprint density at radius 2 is 2.07 bits per heavy atom. The first-order valence-electron chi connectivity index (χ1n) is 9.96. The summed E-state index contributed by atoms with van der Waals surface area (Å²) >= 11 is 6.28. The number of piperidine rings is 1. The number of likely N-dealkylation sites (tertiary alicyclic amines) is 1. The van der Waals surface area contributed by atoms with Crippen LogP contribution in [0.2, 0.25) is 5.02 Å². The van der Waals surface area contributed by atoms with Gasteiger partial charge in [-0.25, -0.2) is 0 Å². The van der Waals surface area contributed by atoms with Crippen LogP contribution in [0.15, 0.2) is 42.5 Å². The molecular weight excluding hydrogens is 372 g/mol. The molecule has 5 heteroatoms. The average Bonchev–Trinajstić information content (AvgIpc) is 2.69. The van der Waals surface area contributed by atoms with Gasteiger partial charge in [-0.2, -0.15) is 0 Å². The number of hydrogen-bond acceptors (Lipinski definition) is 3. The van der Waals surface area contributed by atoms with Gasteiger partial charge in [0.1, 0.15) is 12.4 Å². The molecule has 0 bridgehead atoms. The van der Waals surface area contributed by atoms with E-state index in [1.54, 1.807) is 0 Å². The van der Waals surface area contributed by atoms with Crippen LogP contribution in [0.25, 0.3) is 0 Å². The van der Waals surface area contributed by atoms with E-state index in [0.717, 1.165) is 54.4 Å². The molecule has 1 unspecified atom stereocenters. The molecule has 1 fully saturated rings. The number of carbonyl (C=O) groups is 1. The highest BCUT2D eigenvalue weighted by Gasteiger charge is 2.25. The molecule has 1 N–H and O–H groups in total. The second kappa shape index (κ2) is 9.94. The summed E-state index contributed by atoms with van der Waals surface area (Å²) in [7, 11) is 0. The summed E-state index contributed by atoms with van der Waals surface area (Å²) in [6.07, 6.45) is 1.96. The van der Waals surface area contributed by atoms with Gasteiger partial charge in [-0.05, 0) is 62.1 Å². The maximum absolute atomic E-state index is 12.6. The van der Waals surface area contributed by atoms with Crippen LogP contribution in [-0.2, 0) is 11.3 Å². The zero-order valence-electron chi connectivity index (χ0n) is 16.7. The number of halogens is 1. The Bertz CT molecular complexity index is 809. The van der Waals surface area contributed by atoms with Gasteiger partial charge in [-0.3, -0.25) is 9.69 Å². The topological polar surface area (TPSA) is 41.6 Å². The minimum Gasteiger partial charge on any atom is -0.491 e. The lowest BCUT2D eigenvalue weighted by Crippen LogP contribution is -2.43. The van der Waals surface area contributed by atoms with Crippen molar-refractivity contribution in [1.29, 1.82) is 0 Å². The lowest BCUT2D eigenvalue weighted by atomic mass is 9.96. The Morgan fingerprint density at radius 3 is 2.89 bits per heavy atom. The molecule has 1 aliphatic rings. The third kappa shape index (κ3) is 5.73. The Kier molecular flexibility index (Phi) is 7.35. The molecule has 4 nitrogen and oxygen atoms in total. The van der Waals surface area contributed by atoms with E-state index in [4.69, 9.17) is 16.3 Å². The number of benzene rings is 2. The molecule has 1 amide bonds. The molecule has 0 aliphatic carbocycles. The van der Waals surface area contributed by atoms with Crippen molar-refractivity contribution < 1.29 is 9.53 Å². The molecule has 28 heavy (non-hydrogen) atoms. The molecule has 1 heterocycles. The van der Waals surface area contributed by atoms with Crippen molar-refractivity contribution in [3.05, 3.63) is 64.2 Å². The highest BCUT2D eigenvalue weighted by molar-refractivity contribution is 6.31. The third-order valence-corrected chi connectivity index (χ3v) is 5.60. The first-order valence-corrected chi connectivity index (χ1v) is 10.3. The second-order valence-electron chi connectivity index (χ2n) is 7.57. The predicted octanol–water partition coefficient (Wildman–Crippen LogP) is 4.36. The monoisotopic (exact) mass is 400 g/mol. The zero-order chi connectivity index (χ0) is 19.9. The van der Waals surface area contributed by atoms with Crippen molar-refractivity contribution in [2.24, 2.45) is 5.92 Å². The summed E-state index contributed by atoms with van der Waals surface area (Å²) in [5, 5.41) is 3.83. The zero-order valence-corrected chi connectivity index (χ0v) is 17.5. The maximum atomic E-state index is 12.6. The Hall–Kier alpha value is -2.04. The van der Waals surface area contributed by atoms with Crippen molar-refractivity contribution >= 4 is 17.5 Å². The fraction of sp³-hybridized carbons (Fsp3) is 0.435. The molecule has 150 valence electrons. The SMILES string of the molecule is Cc1ccc(C)c(OCCNC(=O)C2CCCN(Cc3ccccc3Cl)C2)c1. The molecule has 1 atom stereocenters. The van der Waals surface area contributed by atoms with Crippen molar-refractivity contribution in [2.75, 3.05) is 26.2 Å². The number of aryl methyl sites for hydroxylation is 2. The Balaban J connectivity index is 1.44. The van der Waals surface area contributed by atoms with Gasteiger partial charge in [0, 0.05) is 18.1 Å². The van der Waals surface area contributed by atoms with Gasteiger partial charge in [0.05, 0.1) is 12.5 Å². The van der Waals surface area contributed by atoms with Crippen LogP contribution in [0, 0.1) is 19.8 Å². The molecule has 2 aromatic rings. The molecule has 1 aliphatic heterocycles. The van der Waals surface area contributed by atoms with Crippen molar-refractivity contribution in [3.8, 4) is 5.75 Å². The second-order valence-corrected chi connectivity index (χ2v) is 7.98. The van der Waals surface area contributed by atoms with Crippen LogP contribution in [0.4, 0.5) is 0 Å². The Morgan fingerprint density at radius 1 is 1.25 bits per heavy atom. The van der Waals surface area contributed by atoms with Crippen molar-refractivity contribution in [2.45, 2.75) is 33.2 Å². The average molecular weight is 401 g/mol. The summed E-state index contributed by atoms with van der Waals surface area (Å²) < 4.78 is 5.83. The number of hydrogen-bond donors (Lipinski definition) is 1. The van der Waals surface area contributed by atoms with Gasteiger partial charge in [0.15, 0.2) is 0 Å². The molecule has 1 saturated heterocycles. The highest BCUT2D eigenvalue weighted by Crippen LogP contribution is 2.22. The van der Waals surface area contributed by atoms with E-state index in [2.05, 4.69) is 28.4 Å². The smallest absolute Gasteiger partial charge is 0.224 e. The summed E-state index contributed by atoms with van der Waals surface area (Å²) in [5.41, 5.74) is 3.40. The van der Waals surface area contributed by atoms with Gasteiger partial charge in [-0.1, -0.05) is 41.9 Å². The van der Waals surface area contributed by atoms with E-state index >= 15 is 0 Å². The standard InChI is InChI=1S/C23H29ClN2O2/c1-17-9-10-18(2)22(14-17)28-13-11-25-23(27)20-7-5-12-26(16-20)15-19-6-3-4-8-21(19)24/h3-4,6,8-10,14,20H,5,7,11-13,15-16H2,1-2H3,(H,25,27). The first kappa shape index (κ1) is 20.7. The molecule has 0 radical (unpaired) electrons. The van der Waals surface area contributed by atoms with E-state index in [1.165, 1.54) is 5.56 Å². The van der Waals surface area contributed by atoms with Gasteiger partial charge in [0.2, 0.25) is 5.91 Å². The van der Waals surface area contributed by atoms with Crippen LogP contribution in [0.3, 0.4) is 0 Å². The van der Waals surface area contributed by atoms with Gasteiger partial charge >= 0.3 is 0 Å². The minimum absolute atomic E-state index is 0.0249. The number of ether oxygens (including phenoxy) is 1. The van der Waals surface area contributed by atoms with Crippen molar-refractivity contribution in [3.63, 3.8) is 0 Å². The Labute approximate surface area is 172 Å². The molecule has 0 aromatic heterocycles. The number of nitrogens with zero attached hydrogens (tertiary/aromatic N) is 1. The van der Waals surface area contributed by atoms with Crippen LogP contribution >= 0.6 is 11.6 Å². The molecule has 0 spiro atoms. The molecule has 3 rings (SSSR count). The predicted molar refractivity (Wildman–Crippen MR) is 114 cm³/mol. The van der Waals surface area contributed by atoms with Gasteiger partial charge < -0.3 is 10.1 Å². The number of amides is 1. The van der Waals surface area contributed by atoms with E-state index in [9.17, 15) is 4.79 Å². The van der Waals surface area contributed by atoms with Crippen molar-refractivity contribution in [1.82, 2.24) is 10.2 Å². The van der Waals surface area contributed by atoms with Gasteiger partial charge in [-0.15, -0.1) is 0 Å². The summed E-state index contributed by atoms with van der Waals surface area (Å²) in [6, 6.07) is 14.1. The normalized spacial score (nSPS) is 17.3. The van der Waals surface area contributed by atoms with Crippen LogP contribution in [0.5, 0.6) is 5.75 Å². The summed E-state index contributed by atoms with van der Waals surface area (Å²) in [4.78, 5) is 14.9. The summed E-state index contributed by atoms with van der Waals surface area (Å²) in [6.45, 7) is 7.65. The lowest BCUT2D eigenvalue weighted by Gasteiger charge is -2.32. The number of rotatable bonds is 7. The number of carbonyl (C=O) groups excluding carboxylic acids is 1. The maximum Gasteiger partial charge on any atom is 0.224 e. The molecule has 0 saturated carbocycles. The van der Waals surface area contributed by atoms with E-state index < -0.39 is 0 Å². The van der Waals surface area contributed by atoms with Gasteiger partial charge in [0.25, 0.3) is 0 Å². The molecular formula is C23H29ClN2O2. The fourth-order valence-electron chi connectivity index (χ4n) is 3.62. The van der Waals surface area contributed by atoms with Crippen LogP contribution in [0.1, 0.15) is 29.5 Å². The quantitative estimate of drug-likeness (QED) is 0.702. The summed E-state index contributed by atoms with van der Waals surface area (Å²) in [5.74, 6) is 1.03. The van der Waals surface area contributed by atoms with E-state index in [0.29, 0.717) is 13.2 Å².